The first kappa shape index (κ1) is 13.7. The average Bonchev–Trinajstić information content (AvgIpc) is 2.32. The summed E-state index contributed by atoms with van der Waals surface area (Å²) in [6.07, 6.45) is 19.3. The van der Waals surface area contributed by atoms with Crippen LogP contribution in [0.1, 0.15) is 83.5 Å². The van der Waals surface area contributed by atoms with Crippen LogP contribution in [0, 0.1) is 5.92 Å². The van der Waals surface area contributed by atoms with E-state index in [9.17, 15) is 4.79 Å². The highest BCUT2D eigenvalue weighted by molar-refractivity contribution is 5.54. The molecule has 0 spiro atoms. The molecule has 1 aliphatic carbocycles. The number of hydrogen-bond donors (Lipinski definition) is 0. The lowest BCUT2D eigenvalue weighted by atomic mass is 9.94. The van der Waals surface area contributed by atoms with Gasteiger partial charge in [-0.15, -0.1) is 0 Å². The summed E-state index contributed by atoms with van der Waals surface area (Å²) in [6, 6.07) is 0. The third-order valence-electron chi connectivity index (χ3n) is 3.77. The van der Waals surface area contributed by atoms with Crippen LogP contribution in [0.3, 0.4) is 0 Å². The highest BCUT2D eigenvalue weighted by atomic mass is 16.1. The molecule has 0 unspecified atom stereocenters. The van der Waals surface area contributed by atoms with E-state index in [4.69, 9.17) is 0 Å². The van der Waals surface area contributed by atoms with Gasteiger partial charge >= 0.3 is 0 Å². The van der Waals surface area contributed by atoms with Crippen molar-refractivity contribution < 1.29 is 4.79 Å². The maximum atomic E-state index is 10.8. The summed E-state index contributed by atoms with van der Waals surface area (Å²) in [5.74, 6) is 0.239. The Hall–Kier alpha value is -0.330. The van der Waals surface area contributed by atoms with Crippen molar-refractivity contribution in [3.05, 3.63) is 0 Å². The first-order valence-electron chi connectivity index (χ1n) is 7.31. The Labute approximate surface area is 101 Å². The van der Waals surface area contributed by atoms with Crippen molar-refractivity contribution in [1.29, 1.82) is 0 Å². The first-order chi connectivity index (χ1) is 7.93. The summed E-state index contributed by atoms with van der Waals surface area (Å²) >= 11 is 0. The molecule has 0 bridgehead atoms. The zero-order chi connectivity index (χ0) is 11.5. The van der Waals surface area contributed by atoms with Gasteiger partial charge in [-0.25, -0.2) is 0 Å². The Balaban J connectivity index is 2.18. The van der Waals surface area contributed by atoms with Crippen LogP contribution in [0.25, 0.3) is 0 Å². The Bertz CT molecular complexity index is 151. The molecule has 0 atom stereocenters. The zero-order valence-corrected chi connectivity index (χ0v) is 10.7. The molecule has 0 saturated heterocycles. The van der Waals surface area contributed by atoms with E-state index >= 15 is 0 Å². The van der Waals surface area contributed by atoms with E-state index in [2.05, 4.69) is 6.29 Å². The normalized spacial score (nSPS) is 23.5. The molecule has 1 aliphatic rings. The summed E-state index contributed by atoms with van der Waals surface area (Å²) in [4.78, 5) is 10.8. The van der Waals surface area contributed by atoms with E-state index in [1.165, 1.54) is 70.6 Å². The van der Waals surface area contributed by atoms with Crippen LogP contribution in [0.5, 0.6) is 0 Å². The summed E-state index contributed by atoms with van der Waals surface area (Å²) < 4.78 is 0. The lowest BCUT2D eigenvalue weighted by Gasteiger charge is -2.10. The summed E-state index contributed by atoms with van der Waals surface area (Å²) in [6.45, 7) is 0. The molecular formula is C15H27O. The van der Waals surface area contributed by atoms with Gasteiger partial charge in [-0.3, -0.25) is 4.79 Å². The monoisotopic (exact) mass is 223 g/mol. The molecule has 1 saturated carbocycles. The van der Waals surface area contributed by atoms with Crippen LogP contribution >= 0.6 is 0 Å². The van der Waals surface area contributed by atoms with Crippen molar-refractivity contribution in [2.24, 2.45) is 5.92 Å². The second-order valence-corrected chi connectivity index (χ2v) is 5.28. The van der Waals surface area contributed by atoms with Gasteiger partial charge in [0, 0.05) is 5.92 Å². The molecule has 0 aliphatic heterocycles. The standard InChI is InChI=1S/C15H27O/c16-14-15-12-10-8-6-4-2-1-3-5-7-9-11-13-15/h15H,1-13H2. The van der Waals surface area contributed by atoms with Gasteiger partial charge in [-0.2, -0.15) is 0 Å². The van der Waals surface area contributed by atoms with Crippen LogP contribution in [0.4, 0.5) is 0 Å². The van der Waals surface area contributed by atoms with Crippen molar-refractivity contribution in [1.82, 2.24) is 0 Å². The topological polar surface area (TPSA) is 17.1 Å². The molecule has 1 fully saturated rings. The first-order valence-corrected chi connectivity index (χ1v) is 7.31. The summed E-state index contributed by atoms with van der Waals surface area (Å²) in [7, 11) is 0. The molecule has 1 rings (SSSR count). The Morgan fingerprint density at radius 1 is 0.562 bits per heavy atom. The van der Waals surface area contributed by atoms with Crippen LogP contribution in [0.2, 0.25) is 0 Å². The van der Waals surface area contributed by atoms with Crippen LogP contribution in [-0.2, 0) is 4.79 Å². The smallest absolute Gasteiger partial charge is 0.201 e. The van der Waals surface area contributed by atoms with Gasteiger partial charge in [0.05, 0.1) is 0 Å². The Morgan fingerprint density at radius 2 is 0.875 bits per heavy atom. The fourth-order valence-electron chi connectivity index (χ4n) is 2.63. The molecular weight excluding hydrogens is 196 g/mol. The number of rotatable bonds is 1. The van der Waals surface area contributed by atoms with E-state index < -0.39 is 0 Å². The van der Waals surface area contributed by atoms with Crippen molar-refractivity contribution >= 4 is 6.29 Å². The van der Waals surface area contributed by atoms with Crippen LogP contribution < -0.4 is 0 Å². The fourth-order valence-corrected chi connectivity index (χ4v) is 2.63. The lowest BCUT2D eigenvalue weighted by Crippen LogP contribution is -2.02. The van der Waals surface area contributed by atoms with E-state index in [-0.39, 0.29) is 5.92 Å². The van der Waals surface area contributed by atoms with Gasteiger partial charge in [0.15, 0.2) is 0 Å². The third-order valence-corrected chi connectivity index (χ3v) is 3.77. The Morgan fingerprint density at radius 3 is 1.19 bits per heavy atom. The average molecular weight is 223 g/mol. The maximum Gasteiger partial charge on any atom is 0.201 e. The van der Waals surface area contributed by atoms with Crippen molar-refractivity contribution in [3.8, 4) is 0 Å². The minimum Gasteiger partial charge on any atom is -0.291 e. The summed E-state index contributed by atoms with van der Waals surface area (Å²) in [5, 5.41) is 0. The van der Waals surface area contributed by atoms with Gasteiger partial charge in [-0.05, 0) is 12.8 Å². The van der Waals surface area contributed by atoms with E-state index in [0.717, 1.165) is 12.8 Å². The van der Waals surface area contributed by atoms with Gasteiger partial charge in [0.2, 0.25) is 6.29 Å². The predicted octanol–water partition coefficient (Wildman–Crippen LogP) is 4.80. The predicted molar refractivity (Wildman–Crippen MR) is 69.2 cm³/mol. The summed E-state index contributed by atoms with van der Waals surface area (Å²) in [5.41, 5.74) is 0. The minimum atomic E-state index is 0.239. The van der Waals surface area contributed by atoms with Crippen molar-refractivity contribution in [3.63, 3.8) is 0 Å². The third kappa shape index (κ3) is 7.03. The van der Waals surface area contributed by atoms with Gasteiger partial charge < -0.3 is 0 Å². The fraction of sp³-hybridized carbons (Fsp3) is 0.933. The zero-order valence-electron chi connectivity index (χ0n) is 10.7. The maximum absolute atomic E-state index is 10.8. The lowest BCUT2D eigenvalue weighted by molar-refractivity contribution is 0.443. The SMILES string of the molecule is O=[C]C1CCCCCCCCCCCCC1. The van der Waals surface area contributed by atoms with Gasteiger partial charge in [0.1, 0.15) is 0 Å². The number of carbonyl (C=O) groups excluding carboxylic acids is 1. The van der Waals surface area contributed by atoms with E-state index in [1.807, 2.05) is 0 Å². The highest BCUT2D eigenvalue weighted by Crippen LogP contribution is 2.19. The van der Waals surface area contributed by atoms with E-state index in [0.29, 0.717) is 0 Å². The van der Waals surface area contributed by atoms with Gasteiger partial charge in [-0.1, -0.05) is 70.6 Å². The molecule has 1 heteroatoms. The second kappa shape index (κ2) is 9.86. The molecule has 16 heavy (non-hydrogen) atoms. The molecule has 0 N–H and O–H groups in total. The molecule has 0 aromatic heterocycles. The van der Waals surface area contributed by atoms with E-state index in [1.54, 1.807) is 0 Å². The van der Waals surface area contributed by atoms with Gasteiger partial charge in [0.25, 0.3) is 0 Å². The van der Waals surface area contributed by atoms with Crippen molar-refractivity contribution in [2.75, 3.05) is 0 Å². The highest BCUT2D eigenvalue weighted by Gasteiger charge is 2.08. The molecule has 0 amide bonds. The van der Waals surface area contributed by atoms with Crippen LogP contribution in [0.15, 0.2) is 0 Å². The molecule has 0 aromatic carbocycles. The second-order valence-electron chi connectivity index (χ2n) is 5.28. The number of hydrogen-bond acceptors (Lipinski definition) is 1. The molecule has 1 nitrogen and oxygen atoms in total. The molecule has 1 radical (unpaired) electrons. The van der Waals surface area contributed by atoms with Crippen LogP contribution in [-0.4, -0.2) is 6.29 Å². The molecule has 0 heterocycles. The molecule has 93 valence electrons. The largest absolute Gasteiger partial charge is 0.291 e. The Kier molecular flexibility index (Phi) is 8.47. The molecule has 0 aromatic rings. The quantitative estimate of drug-likeness (QED) is 0.624. The minimum absolute atomic E-state index is 0.239. The van der Waals surface area contributed by atoms with Crippen molar-refractivity contribution in [2.45, 2.75) is 83.5 Å².